The molecule has 0 saturated heterocycles. The Labute approximate surface area is 176 Å². The Hall–Kier alpha value is -3.24. The second kappa shape index (κ2) is 7.17. The Kier molecular flexibility index (Phi) is 4.56. The van der Waals surface area contributed by atoms with Gasteiger partial charge in [-0.1, -0.05) is 0 Å². The molecule has 3 heterocycles. The predicted octanol–water partition coefficient (Wildman–Crippen LogP) is 3.17. The van der Waals surface area contributed by atoms with Gasteiger partial charge in [-0.15, -0.1) is 0 Å². The van der Waals surface area contributed by atoms with E-state index in [1.165, 1.54) is 12.1 Å². The van der Waals surface area contributed by atoms with Gasteiger partial charge in [-0.2, -0.15) is 13.5 Å². The average Bonchev–Trinajstić information content (AvgIpc) is 3.39. The lowest BCUT2D eigenvalue weighted by Crippen LogP contribution is -2.34. The maximum absolute atomic E-state index is 13.1. The van der Waals surface area contributed by atoms with E-state index in [-0.39, 0.29) is 29.1 Å². The molecule has 1 fully saturated rings. The number of hydrogen-bond donors (Lipinski definition) is 0. The van der Waals surface area contributed by atoms with E-state index in [1.807, 2.05) is 17.9 Å². The quantitative estimate of drug-likeness (QED) is 0.513. The lowest BCUT2D eigenvalue weighted by molar-refractivity contribution is -0.389. The molecule has 0 radical (unpaired) electrons. The minimum Gasteiger partial charge on any atom is -0.434 e. The van der Waals surface area contributed by atoms with Crippen molar-refractivity contribution in [3.63, 3.8) is 0 Å². The van der Waals surface area contributed by atoms with E-state index in [0.717, 1.165) is 12.8 Å². The third-order valence-corrected chi connectivity index (χ3v) is 6.33. The first kappa shape index (κ1) is 19.7. The molecule has 1 aliphatic carbocycles. The van der Waals surface area contributed by atoms with Gasteiger partial charge in [0.2, 0.25) is 0 Å². The largest absolute Gasteiger partial charge is 0.434 e. The van der Waals surface area contributed by atoms with E-state index in [2.05, 4.69) is 5.10 Å². The van der Waals surface area contributed by atoms with Gasteiger partial charge in [-0.05, 0) is 42.2 Å². The van der Waals surface area contributed by atoms with Crippen molar-refractivity contribution in [1.82, 2.24) is 14.7 Å². The average molecular weight is 433 g/mol. The molecule has 1 aromatic carbocycles. The minimum absolute atomic E-state index is 0.0487. The number of nitro groups is 1. The fraction of sp³-hybridized carbons (Fsp3) is 0.500. The highest BCUT2D eigenvalue weighted by Gasteiger charge is 2.40. The van der Waals surface area contributed by atoms with Crippen LogP contribution in [0.25, 0.3) is 0 Å². The molecule has 0 unspecified atom stereocenters. The van der Waals surface area contributed by atoms with Crippen molar-refractivity contribution in [3.8, 4) is 5.75 Å². The number of rotatable bonds is 6. The van der Waals surface area contributed by atoms with Crippen LogP contribution >= 0.6 is 0 Å². The van der Waals surface area contributed by atoms with Crippen LogP contribution in [0.4, 0.5) is 20.3 Å². The molecule has 0 bridgehead atoms. The zero-order valence-electron chi connectivity index (χ0n) is 16.8. The van der Waals surface area contributed by atoms with Crippen LogP contribution in [-0.2, 0) is 19.6 Å². The summed E-state index contributed by atoms with van der Waals surface area (Å²) in [6.45, 7) is 0.562. The Morgan fingerprint density at radius 3 is 2.68 bits per heavy atom. The first-order valence-corrected chi connectivity index (χ1v) is 10.2. The minimum atomic E-state index is -3.05. The Balaban J connectivity index is 1.47. The van der Waals surface area contributed by atoms with E-state index in [1.54, 1.807) is 9.58 Å². The van der Waals surface area contributed by atoms with Crippen molar-refractivity contribution in [2.75, 3.05) is 11.4 Å². The van der Waals surface area contributed by atoms with Gasteiger partial charge in [-0.25, -0.2) is 0 Å². The lowest BCUT2D eigenvalue weighted by Gasteiger charge is -2.29. The van der Waals surface area contributed by atoms with Gasteiger partial charge in [0.15, 0.2) is 0 Å². The summed E-state index contributed by atoms with van der Waals surface area (Å²) < 4.78 is 32.6. The van der Waals surface area contributed by atoms with Crippen LogP contribution in [0.5, 0.6) is 5.75 Å². The summed E-state index contributed by atoms with van der Waals surface area (Å²) in [5, 5.41) is 15.0. The molecular formula is C20H21F2N5O4. The number of carbonyl (C=O) groups excluding carboxylic acids is 1. The third-order valence-electron chi connectivity index (χ3n) is 6.33. The smallest absolute Gasteiger partial charge is 0.390 e. The van der Waals surface area contributed by atoms with E-state index in [0.29, 0.717) is 49.0 Å². The standard InChI is InChI=1S/C20H21F2N5O4/c1-11(12-2-3-12)25-9-13-6-14(7-16(31-20(21)22)18(13)19(25)28)24-4-5-26-15(10-24)8-17(23-26)27(29)30/h6-8,11-12,20H,2-5,9-10H2,1H3/t11-/m0/s1. The molecule has 1 atom stereocenters. The molecule has 5 rings (SSSR count). The van der Waals surface area contributed by atoms with Gasteiger partial charge in [0.05, 0.1) is 35.5 Å². The molecule has 0 N–H and O–H groups in total. The summed E-state index contributed by atoms with van der Waals surface area (Å²) in [5.41, 5.74) is 2.16. The van der Waals surface area contributed by atoms with Crippen LogP contribution in [0.2, 0.25) is 0 Å². The number of carbonyl (C=O) groups is 1. The van der Waals surface area contributed by atoms with Crippen LogP contribution in [0.15, 0.2) is 18.2 Å². The Bertz CT molecular complexity index is 1070. The highest BCUT2D eigenvalue weighted by molar-refractivity contribution is 6.02. The molecule has 11 heteroatoms. The molecule has 2 aromatic rings. The Morgan fingerprint density at radius 1 is 1.23 bits per heavy atom. The number of nitrogens with zero attached hydrogens (tertiary/aromatic N) is 5. The normalized spacial score (nSPS) is 18.9. The van der Waals surface area contributed by atoms with Gasteiger partial charge in [0.1, 0.15) is 5.75 Å². The zero-order chi connectivity index (χ0) is 21.9. The van der Waals surface area contributed by atoms with Crippen molar-refractivity contribution in [1.29, 1.82) is 0 Å². The summed E-state index contributed by atoms with van der Waals surface area (Å²) in [4.78, 5) is 27.1. The number of benzene rings is 1. The van der Waals surface area contributed by atoms with Crippen molar-refractivity contribution in [2.24, 2.45) is 5.92 Å². The zero-order valence-corrected chi connectivity index (χ0v) is 16.8. The topological polar surface area (TPSA) is 93.7 Å². The molecule has 9 nitrogen and oxygen atoms in total. The molecule has 1 aromatic heterocycles. The van der Waals surface area contributed by atoms with Crippen LogP contribution in [-0.4, -0.2) is 44.7 Å². The van der Waals surface area contributed by atoms with Crippen LogP contribution in [0, 0.1) is 16.0 Å². The number of ether oxygens (including phenoxy) is 1. The number of hydrogen-bond acceptors (Lipinski definition) is 6. The molecule has 2 aliphatic heterocycles. The van der Waals surface area contributed by atoms with Crippen molar-refractivity contribution < 1.29 is 23.2 Å². The van der Waals surface area contributed by atoms with E-state index >= 15 is 0 Å². The third kappa shape index (κ3) is 3.47. The van der Waals surface area contributed by atoms with Crippen LogP contribution < -0.4 is 9.64 Å². The monoisotopic (exact) mass is 433 g/mol. The summed E-state index contributed by atoms with van der Waals surface area (Å²) in [6, 6.07) is 4.77. The summed E-state index contributed by atoms with van der Waals surface area (Å²) in [5.74, 6) is -0.162. The molecule has 164 valence electrons. The Morgan fingerprint density at radius 2 is 2.00 bits per heavy atom. The molecule has 3 aliphatic rings. The van der Waals surface area contributed by atoms with Gasteiger partial charge >= 0.3 is 12.4 Å². The predicted molar refractivity (Wildman–Crippen MR) is 105 cm³/mol. The van der Waals surface area contributed by atoms with Gasteiger partial charge in [-0.3, -0.25) is 4.79 Å². The molecule has 1 amide bonds. The maximum Gasteiger partial charge on any atom is 0.390 e. The van der Waals surface area contributed by atoms with Gasteiger partial charge in [0.25, 0.3) is 5.91 Å². The highest BCUT2D eigenvalue weighted by atomic mass is 19.3. The van der Waals surface area contributed by atoms with E-state index in [9.17, 15) is 23.7 Å². The highest BCUT2D eigenvalue weighted by Crippen LogP contribution is 2.42. The molecule has 1 saturated carbocycles. The fourth-order valence-corrected chi connectivity index (χ4v) is 4.52. The van der Waals surface area contributed by atoms with Gasteiger partial charge in [0, 0.05) is 30.9 Å². The summed E-state index contributed by atoms with van der Waals surface area (Å²) in [6.07, 6.45) is 2.14. The number of halogens is 2. The summed E-state index contributed by atoms with van der Waals surface area (Å²) in [7, 11) is 0. The molecule has 31 heavy (non-hydrogen) atoms. The number of anilines is 1. The van der Waals surface area contributed by atoms with Crippen molar-refractivity contribution in [3.05, 3.63) is 45.1 Å². The lowest BCUT2D eigenvalue weighted by atomic mass is 10.1. The van der Waals surface area contributed by atoms with Crippen LogP contribution in [0.3, 0.4) is 0 Å². The fourth-order valence-electron chi connectivity index (χ4n) is 4.52. The second-order valence-corrected chi connectivity index (χ2v) is 8.26. The van der Waals surface area contributed by atoms with E-state index < -0.39 is 11.5 Å². The molecule has 0 spiro atoms. The first-order valence-electron chi connectivity index (χ1n) is 10.2. The molecular weight excluding hydrogens is 412 g/mol. The summed E-state index contributed by atoms with van der Waals surface area (Å²) >= 11 is 0. The van der Waals surface area contributed by atoms with Gasteiger partial charge < -0.3 is 24.7 Å². The second-order valence-electron chi connectivity index (χ2n) is 8.26. The number of aromatic nitrogens is 2. The number of alkyl halides is 2. The van der Waals surface area contributed by atoms with Crippen molar-refractivity contribution in [2.45, 2.75) is 52.1 Å². The SMILES string of the molecule is C[C@@H](C1CC1)N1Cc2cc(N3CCn4nc([N+](=O)[O-])cc4C3)cc(OC(F)F)c2C1=O. The number of fused-ring (bicyclic) bond motifs is 2. The number of amides is 1. The maximum atomic E-state index is 13.1. The van der Waals surface area contributed by atoms with Crippen molar-refractivity contribution >= 4 is 17.4 Å². The van der Waals surface area contributed by atoms with E-state index in [4.69, 9.17) is 4.74 Å². The first-order chi connectivity index (χ1) is 14.8. The van der Waals surface area contributed by atoms with Crippen LogP contribution in [0.1, 0.15) is 41.4 Å².